The summed E-state index contributed by atoms with van der Waals surface area (Å²) >= 11 is 5.97. The second-order valence-corrected chi connectivity index (χ2v) is 7.29. The number of benzene rings is 2. The zero-order valence-corrected chi connectivity index (χ0v) is 18.1. The number of pyridine rings is 1. The first kappa shape index (κ1) is 22.8. The molecule has 8 nitrogen and oxygen atoms in total. The molecule has 0 atom stereocenters. The van der Waals surface area contributed by atoms with Crippen molar-refractivity contribution in [3.63, 3.8) is 0 Å². The first-order valence-corrected chi connectivity index (χ1v) is 10.1. The molecule has 0 bridgehead atoms. The number of anilines is 3. The standard InChI is InChI=1S/C23H22ClN5O3/c1-15-2-8-20(19(12-15)22(26)30)29(21-9-5-17(24)13-28-21)23(31)16-3-6-18(7-4-16)27-10-11-32-14-25/h2-9,12-14,25,27H,10-11H2,1H3,(H2,26,30). The Morgan fingerprint density at radius 2 is 1.94 bits per heavy atom. The molecule has 0 fully saturated rings. The number of ether oxygens (including phenoxy) is 1. The second kappa shape index (κ2) is 10.4. The molecule has 0 aliphatic carbocycles. The van der Waals surface area contributed by atoms with E-state index < -0.39 is 5.91 Å². The number of nitrogens with two attached hydrogens (primary N) is 1. The van der Waals surface area contributed by atoms with E-state index in [2.05, 4.69) is 10.3 Å². The van der Waals surface area contributed by atoms with E-state index in [0.717, 1.165) is 17.7 Å². The average Bonchev–Trinajstić information content (AvgIpc) is 2.79. The SMILES string of the molecule is Cc1ccc(N(C(=O)c2ccc(NCCOC=N)cc2)c2ccc(Cl)cn2)c(C(N)=O)c1. The van der Waals surface area contributed by atoms with Crippen molar-refractivity contribution in [1.29, 1.82) is 5.41 Å². The zero-order valence-electron chi connectivity index (χ0n) is 17.3. The summed E-state index contributed by atoms with van der Waals surface area (Å²) in [6, 6.07) is 15.2. The Bertz CT molecular complexity index is 1120. The number of carbonyl (C=O) groups is 2. The van der Waals surface area contributed by atoms with Gasteiger partial charge in [0.1, 0.15) is 12.4 Å². The first-order valence-electron chi connectivity index (χ1n) is 9.71. The molecule has 0 saturated heterocycles. The van der Waals surface area contributed by atoms with Crippen LogP contribution in [0.5, 0.6) is 0 Å². The fraction of sp³-hybridized carbons (Fsp3) is 0.130. The molecule has 0 aliphatic rings. The van der Waals surface area contributed by atoms with Gasteiger partial charge in [-0.1, -0.05) is 23.2 Å². The maximum atomic E-state index is 13.5. The summed E-state index contributed by atoms with van der Waals surface area (Å²) in [5.74, 6) is -0.733. The summed E-state index contributed by atoms with van der Waals surface area (Å²) < 4.78 is 4.86. The van der Waals surface area contributed by atoms with Crippen molar-refractivity contribution in [2.24, 2.45) is 5.73 Å². The van der Waals surface area contributed by atoms with Crippen LogP contribution in [0.15, 0.2) is 60.8 Å². The second-order valence-electron chi connectivity index (χ2n) is 6.85. The van der Waals surface area contributed by atoms with E-state index in [4.69, 9.17) is 27.5 Å². The van der Waals surface area contributed by atoms with Gasteiger partial charge in [-0.15, -0.1) is 0 Å². The Hall–Kier alpha value is -3.91. The van der Waals surface area contributed by atoms with E-state index in [1.165, 1.54) is 11.1 Å². The molecule has 0 unspecified atom stereocenters. The van der Waals surface area contributed by atoms with Gasteiger partial charge in [-0.2, -0.15) is 0 Å². The minimum absolute atomic E-state index is 0.208. The van der Waals surface area contributed by atoms with Crippen LogP contribution in [0.4, 0.5) is 17.2 Å². The van der Waals surface area contributed by atoms with E-state index in [9.17, 15) is 9.59 Å². The first-order chi connectivity index (χ1) is 15.4. The average molecular weight is 452 g/mol. The fourth-order valence-electron chi connectivity index (χ4n) is 3.05. The molecular weight excluding hydrogens is 430 g/mol. The van der Waals surface area contributed by atoms with E-state index in [-0.39, 0.29) is 11.5 Å². The normalized spacial score (nSPS) is 10.3. The minimum atomic E-state index is -0.651. The van der Waals surface area contributed by atoms with Crippen molar-refractivity contribution >= 4 is 47.0 Å². The van der Waals surface area contributed by atoms with Gasteiger partial charge in [0.25, 0.3) is 11.8 Å². The van der Waals surface area contributed by atoms with Crippen LogP contribution >= 0.6 is 11.6 Å². The Balaban J connectivity index is 1.98. The van der Waals surface area contributed by atoms with Crippen LogP contribution < -0.4 is 16.0 Å². The highest BCUT2D eigenvalue weighted by Gasteiger charge is 2.25. The number of amides is 2. The molecule has 0 aliphatic heterocycles. The summed E-state index contributed by atoms with van der Waals surface area (Å²) in [5, 5.41) is 10.4. The summed E-state index contributed by atoms with van der Waals surface area (Å²) in [6.45, 7) is 2.69. The number of hydrogen-bond donors (Lipinski definition) is 3. The number of rotatable bonds is 9. The maximum Gasteiger partial charge on any atom is 0.264 e. The third-order valence-electron chi connectivity index (χ3n) is 4.57. The van der Waals surface area contributed by atoms with Crippen molar-refractivity contribution in [2.45, 2.75) is 6.92 Å². The third kappa shape index (κ3) is 5.41. The topological polar surface area (TPSA) is 121 Å². The van der Waals surface area contributed by atoms with Gasteiger partial charge in [-0.3, -0.25) is 19.9 Å². The Morgan fingerprint density at radius 1 is 1.19 bits per heavy atom. The molecule has 2 aromatic carbocycles. The quantitative estimate of drug-likeness (QED) is 0.256. The number of halogens is 1. The van der Waals surface area contributed by atoms with Gasteiger partial charge in [0.05, 0.1) is 16.3 Å². The zero-order chi connectivity index (χ0) is 23.1. The lowest BCUT2D eigenvalue weighted by molar-refractivity contribution is 0.0998. The number of primary amides is 1. The molecular formula is C23H22ClN5O3. The van der Waals surface area contributed by atoms with Gasteiger partial charge in [0.15, 0.2) is 6.40 Å². The highest BCUT2D eigenvalue weighted by Crippen LogP contribution is 2.31. The molecule has 0 spiro atoms. The molecule has 0 radical (unpaired) electrons. The van der Waals surface area contributed by atoms with Gasteiger partial charge < -0.3 is 15.8 Å². The van der Waals surface area contributed by atoms with Gasteiger partial charge in [-0.05, 0) is 55.5 Å². The van der Waals surface area contributed by atoms with E-state index >= 15 is 0 Å². The molecule has 3 rings (SSSR count). The molecule has 9 heteroatoms. The molecule has 2 amide bonds. The lowest BCUT2D eigenvalue weighted by Crippen LogP contribution is -2.29. The lowest BCUT2D eigenvalue weighted by Gasteiger charge is -2.24. The number of carbonyl (C=O) groups excluding carboxylic acids is 2. The number of nitrogens with one attached hydrogen (secondary N) is 2. The van der Waals surface area contributed by atoms with Crippen molar-refractivity contribution in [3.8, 4) is 0 Å². The Kier molecular flexibility index (Phi) is 7.41. The van der Waals surface area contributed by atoms with Crippen LogP contribution in [0.1, 0.15) is 26.3 Å². The number of aromatic nitrogens is 1. The Morgan fingerprint density at radius 3 is 2.56 bits per heavy atom. The summed E-state index contributed by atoms with van der Waals surface area (Å²) in [6.07, 6.45) is 2.31. The van der Waals surface area contributed by atoms with Crippen LogP contribution in [0.2, 0.25) is 5.02 Å². The lowest BCUT2D eigenvalue weighted by atomic mass is 10.1. The molecule has 0 saturated carbocycles. The van der Waals surface area contributed by atoms with Gasteiger partial charge in [0.2, 0.25) is 0 Å². The molecule has 3 aromatic rings. The molecule has 4 N–H and O–H groups in total. The molecule has 1 aromatic heterocycles. The van der Waals surface area contributed by atoms with Crippen LogP contribution in [0.3, 0.4) is 0 Å². The van der Waals surface area contributed by atoms with E-state index in [0.29, 0.717) is 35.2 Å². The van der Waals surface area contributed by atoms with Crippen molar-refractivity contribution in [2.75, 3.05) is 23.4 Å². The number of hydrogen-bond acceptors (Lipinski definition) is 6. The minimum Gasteiger partial charge on any atom is -0.482 e. The number of aryl methyl sites for hydroxylation is 1. The van der Waals surface area contributed by atoms with E-state index in [1.54, 1.807) is 54.6 Å². The summed E-state index contributed by atoms with van der Waals surface area (Å²) in [7, 11) is 0. The van der Waals surface area contributed by atoms with E-state index in [1.807, 2.05) is 6.92 Å². The van der Waals surface area contributed by atoms with Crippen LogP contribution in [0, 0.1) is 12.3 Å². The predicted molar refractivity (Wildman–Crippen MR) is 125 cm³/mol. The largest absolute Gasteiger partial charge is 0.482 e. The highest BCUT2D eigenvalue weighted by molar-refractivity contribution is 6.30. The van der Waals surface area contributed by atoms with Crippen molar-refractivity contribution in [3.05, 3.63) is 82.5 Å². The van der Waals surface area contributed by atoms with Crippen LogP contribution in [0.25, 0.3) is 0 Å². The van der Waals surface area contributed by atoms with Gasteiger partial charge in [0, 0.05) is 24.0 Å². The van der Waals surface area contributed by atoms with Crippen molar-refractivity contribution in [1.82, 2.24) is 4.98 Å². The Labute approximate surface area is 190 Å². The van der Waals surface area contributed by atoms with Gasteiger partial charge in [-0.25, -0.2) is 4.98 Å². The van der Waals surface area contributed by atoms with Crippen LogP contribution in [-0.4, -0.2) is 36.4 Å². The third-order valence-corrected chi connectivity index (χ3v) is 4.79. The highest BCUT2D eigenvalue weighted by atomic mass is 35.5. The molecule has 1 heterocycles. The summed E-state index contributed by atoms with van der Waals surface area (Å²) in [5.41, 5.74) is 8.15. The van der Waals surface area contributed by atoms with Crippen LogP contribution in [-0.2, 0) is 4.74 Å². The fourth-order valence-corrected chi connectivity index (χ4v) is 3.16. The molecule has 164 valence electrons. The van der Waals surface area contributed by atoms with Gasteiger partial charge >= 0.3 is 0 Å². The maximum absolute atomic E-state index is 13.5. The number of nitrogens with zero attached hydrogens (tertiary/aromatic N) is 2. The monoisotopic (exact) mass is 451 g/mol. The molecule has 32 heavy (non-hydrogen) atoms. The predicted octanol–water partition coefficient (Wildman–Crippen LogP) is 4.16. The van der Waals surface area contributed by atoms with Crippen molar-refractivity contribution < 1.29 is 14.3 Å². The summed E-state index contributed by atoms with van der Waals surface area (Å²) in [4.78, 5) is 31.3. The smallest absolute Gasteiger partial charge is 0.264 e.